The van der Waals surface area contributed by atoms with Gasteiger partial charge < -0.3 is 5.11 Å². The van der Waals surface area contributed by atoms with Crippen LogP contribution in [0.15, 0.2) is 0 Å². The van der Waals surface area contributed by atoms with Gasteiger partial charge in [-0.3, -0.25) is 0 Å². The lowest BCUT2D eigenvalue weighted by Crippen LogP contribution is -2.11. The van der Waals surface area contributed by atoms with Crippen molar-refractivity contribution >= 4 is 31.9 Å². The normalized spacial score (nSPS) is 15.0. The highest BCUT2D eigenvalue weighted by molar-refractivity contribution is 9.24. The highest BCUT2D eigenvalue weighted by Gasteiger charge is 2.07. The Kier molecular flexibility index (Phi) is 4.37. The largest absolute Gasteiger partial charge is 0.391 e. The molecular weight excluding hydrogens is 224 g/mol. The van der Waals surface area contributed by atoms with Crippen LogP contribution in [0.4, 0.5) is 0 Å². The van der Waals surface area contributed by atoms with Gasteiger partial charge in [0, 0.05) is 0 Å². The third-order valence-corrected chi connectivity index (χ3v) is 1.93. The molecule has 1 N–H and O–H groups in total. The summed E-state index contributed by atoms with van der Waals surface area (Å²) in [6.45, 7) is 1.93. The zero-order chi connectivity index (χ0) is 5.86. The molecule has 0 bridgehead atoms. The van der Waals surface area contributed by atoms with Crippen LogP contribution in [-0.4, -0.2) is 14.9 Å². The van der Waals surface area contributed by atoms with Gasteiger partial charge in [0.25, 0.3) is 0 Å². The quantitative estimate of drug-likeness (QED) is 0.720. The molecule has 1 atom stereocenters. The van der Waals surface area contributed by atoms with E-state index in [1.165, 1.54) is 0 Å². The van der Waals surface area contributed by atoms with Crippen LogP contribution in [0, 0.1) is 0 Å². The van der Waals surface area contributed by atoms with Crippen LogP contribution in [0.1, 0.15) is 13.3 Å². The van der Waals surface area contributed by atoms with E-state index < -0.39 is 0 Å². The van der Waals surface area contributed by atoms with Crippen LogP contribution in [0.25, 0.3) is 0 Å². The monoisotopic (exact) mass is 230 g/mol. The van der Waals surface area contributed by atoms with Crippen LogP contribution < -0.4 is 0 Å². The van der Waals surface area contributed by atoms with Crippen LogP contribution in [0.3, 0.4) is 0 Å². The summed E-state index contributed by atoms with van der Waals surface area (Å²) in [4.78, 5) is 0. The number of aliphatic hydroxyl groups is 1. The Hall–Kier alpha value is 0.920. The fourth-order valence-corrected chi connectivity index (χ4v) is 0.926. The van der Waals surface area contributed by atoms with E-state index in [2.05, 4.69) is 31.9 Å². The van der Waals surface area contributed by atoms with Gasteiger partial charge in [-0.1, -0.05) is 38.8 Å². The molecule has 0 radical (unpaired) electrons. The van der Waals surface area contributed by atoms with Crippen molar-refractivity contribution in [1.82, 2.24) is 0 Å². The third kappa shape index (κ3) is 3.50. The van der Waals surface area contributed by atoms with Crippen molar-refractivity contribution in [3.8, 4) is 0 Å². The van der Waals surface area contributed by atoms with Crippen molar-refractivity contribution in [2.45, 2.75) is 23.2 Å². The summed E-state index contributed by atoms with van der Waals surface area (Å²) >= 11 is 6.33. The molecule has 0 aliphatic rings. The first-order valence-corrected chi connectivity index (χ1v) is 3.97. The van der Waals surface area contributed by atoms with E-state index >= 15 is 0 Å². The summed E-state index contributed by atoms with van der Waals surface area (Å²) in [5.41, 5.74) is 0. The van der Waals surface area contributed by atoms with Gasteiger partial charge in [-0.25, -0.2) is 0 Å². The highest BCUT2D eigenvalue weighted by atomic mass is 79.9. The molecule has 1 unspecified atom stereocenters. The average molecular weight is 232 g/mol. The third-order valence-electron chi connectivity index (χ3n) is 0.709. The maximum atomic E-state index is 8.84. The second-order valence-electron chi connectivity index (χ2n) is 1.31. The standard InChI is InChI=1S/C4H8Br2O/c1-2-3(7)4(5)6/h3-4,7H,2H2,1H3. The zero-order valence-corrected chi connectivity index (χ0v) is 7.24. The molecule has 7 heavy (non-hydrogen) atoms. The first-order chi connectivity index (χ1) is 3.18. The molecule has 0 aromatic rings. The van der Waals surface area contributed by atoms with Gasteiger partial charge in [0.2, 0.25) is 0 Å². The second-order valence-corrected chi connectivity index (χ2v) is 4.51. The number of alkyl halides is 2. The number of aliphatic hydroxyl groups excluding tert-OH is 1. The van der Waals surface area contributed by atoms with Gasteiger partial charge in [0.15, 0.2) is 0 Å². The Morgan fingerprint density at radius 2 is 2.00 bits per heavy atom. The van der Waals surface area contributed by atoms with Crippen molar-refractivity contribution in [1.29, 1.82) is 0 Å². The summed E-state index contributed by atoms with van der Waals surface area (Å²) in [6.07, 6.45) is 0.515. The van der Waals surface area contributed by atoms with Crippen molar-refractivity contribution in [2.24, 2.45) is 0 Å². The van der Waals surface area contributed by atoms with Gasteiger partial charge in [0.1, 0.15) is 0 Å². The van der Waals surface area contributed by atoms with Gasteiger partial charge >= 0.3 is 0 Å². The Morgan fingerprint density at radius 1 is 1.57 bits per heavy atom. The fourth-order valence-electron chi connectivity index (χ4n) is 0.178. The number of hydrogen-bond acceptors (Lipinski definition) is 1. The molecule has 0 aromatic heterocycles. The minimum absolute atomic E-state index is 0.0463. The van der Waals surface area contributed by atoms with E-state index in [0.717, 1.165) is 6.42 Å². The second kappa shape index (κ2) is 3.87. The minimum Gasteiger partial charge on any atom is -0.391 e. The van der Waals surface area contributed by atoms with Crippen LogP contribution in [0.5, 0.6) is 0 Å². The van der Waals surface area contributed by atoms with Crippen LogP contribution >= 0.6 is 31.9 Å². The maximum Gasteiger partial charge on any atom is 0.0955 e. The van der Waals surface area contributed by atoms with Crippen molar-refractivity contribution < 1.29 is 5.11 Å². The number of rotatable bonds is 2. The van der Waals surface area contributed by atoms with Crippen molar-refractivity contribution in [2.75, 3.05) is 0 Å². The Morgan fingerprint density at radius 3 is 2.00 bits per heavy atom. The molecule has 0 spiro atoms. The SMILES string of the molecule is CCC(O)C(Br)Br. The van der Waals surface area contributed by atoms with Gasteiger partial charge in [0.05, 0.1) is 9.84 Å². The fraction of sp³-hybridized carbons (Fsp3) is 1.00. The van der Waals surface area contributed by atoms with E-state index in [1.54, 1.807) is 0 Å². The molecule has 1 nitrogen and oxygen atoms in total. The van der Waals surface area contributed by atoms with Gasteiger partial charge in [-0.15, -0.1) is 0 Å². The topological polar surface area (TPSA) is 20.2 Å². The molecule has 0 aliphatic heterocycles. The highest BCUT2D eigenvalue weighted by Crippen LogP contribution is 2.14. The molecule has 0 saturated heterocycles. The molecule has 0 heterocycles. The van der Waals surface area contributed by atoms with E-state index in [4.69, 9.17) is 5.11 Å². The van der Waals surface area contributed by atoms with Crippen molar-refractivity contribution in [3.05, 3.63) is 0 Å². The summed E-state index contributed by atoms with van der Waals surface area (Å²) in [7, 11) is 0. The molecule has 0 fully saturated rings. The van der Waals surface area contributed by atoms with Gasteiger partial charge in [-0.2, -0.15) is 0 Å². The Labute approximate surface area is 60.4 Å². The zero-order valence-electron chi connectivity index (χ0n) is 4.06. The average Bonchev–Trinajstić information content (AvgIpc) is 1.65. The smallest absolute Gasteiger partial charge is 0.0955 e. The summed E-state index contributed by atoms with van der Waals surface area (Å²) < 4.78 is 0.0463. The lowest BCUT2D eigenvalue weighted by Gasteiger charge is -2.05. The summed E-state index contributed by atoms with van der Waals surface area (Å²) in [5.74, 6) is 0. The van der Waals surface area contributed by atoms with E-state index in [0.29, 0.717) is 0 Å². The van der Waals surface area contributed by atoms with E-state index in [9.17, 15) is 0 Å². The predicted molar refractivity (Wildman–Crippen MR) is 37.9 cm³/mol. The van der Waals surface area contributed by atoms with Crippen molar-refractivity contribution in [3.63, 3.8) is 0 Å². The van der Waals surface area contributed by atoms with E-state index in [-0.39, 0.29) is 9.84 Å². The molecule has 0 rings (SSSR count). The summed E-state index contributed by atoms with van der Waals surface area (Å²) in [5, 5.41) is 8.84. The lowest BCUT2D eigenvalue weighted by molar-refractivity contribution is 0.190. The number of halogens is 2. The van der Waals surface area contributed by atoms with Crippen LogP contribution in [-0.2, 0) is 0 Å². The molecule has 3 heteroatoms. The molecule has 0 saturated carbocycles. The maximum absolute atomic E-state index is 8.84. The van der Waals surface area contributed by atoms with E-state index in [1.807, 2.05) is 6.92 Å². The summed E-state index contributed by atoms with van der Waals surface area (Å²) in [6, 6.07) is 0. The minimum atomic E-state index is -0.264. The molecule has 0 amide bonds. The molecular formula is C4H8Br2O. The predicted octanol–water partition coefficient (Wildman–Crippen LogP) is 1.87. The first kappa shape index (κ1) is 7.92. The molecule has 0 aliphatic carbocycles. The van der Waals surface area contributed by atoms with Crippen LogP contribution in [0.2, 0.25) is 0 Å². The Bertz CT molecular complexity index is 47.0. The number of hydrogen-bond donors (Lipinski definition) is 1. The lowest BCUT2D eigenvalue weighted by atomic mass is 10.3. The van der Waals surface area contributed by atoms with Gasteiger partial charge in [-0.05, 0) is 6.42 Å². The molecule has 44 valence electrons. The first-order valence-electron chi connectivity index (χ1n) is 2.14. The Balaban J connectivity index is 3.14. The molecule has 0 aromatic carbocycles.